The monoisotopic (exact) mass is 649 g/mol. The minimum absolute atomic E-state index is 0.111. The van der Waals surface area contributed by atoms with Crippen molar-refractivity contribution in [1.29, 1.82) is 0 Å². The third-order valence-electron chi connectivity index (χ3n) is 7.59. The fourth-order valence-corrected chi connectivity index (χ4v) is 6.48. The number of carbonyl (C=O) groups is 2. The molecule has 230 valence electrons. The molecule has 8 nitrogen and oxygen atoms in total. The fraction of sp³-hybridized carbons (Fsp3) is 0.355. The van der Waals surface area contributed by atoms with E-state index in [4.69, 9.17) is 27.9 Å². The number of hydrogen-bond acceptors (Lipinski definition) is 5. The number of nitrogens with zero attached hydrogens (tertiary/aromatic N) is 2. The van der Waals surface area contributed by atoms with Gasteiger partial charge in [0.2, 0.25) is 0 Å². The van der Waals surface area contributed by atoms with Crippen molar-refractivity contribution in [3.63, 3.8) is 0 Å². The molecule has 1 amide bonds. The van der Waals surface area contributed by atoms with Crippen molar-refractivity contribution >= 4 is 46.3 Å². The van der Waals surface area contributed by atoms with Gasteiger partial charge in [0.25, 0.3) is 5.91 Å². The van der Waals surface area contributed by atoms with E-state index in [0.29, 0.717) is 33.2 Å². The zero-order valence-electron chi connectivity index (χ0n) is 23.6. The molecule has 3 aromatic rings. The lowest BCUT2D eigenvalue weighted by molar-refractivity contribution is -0.184. The molecule has 2 unspecified atom stereocenters. The van der Waals surface area contributed by atoms with Crippen molar-refractivity contribution in [1.82, 2.24) is 9.21 Å². The molecule has 3 aromatic carbocycles. The van der Waals surface area contributed by atoms with E-state index in [9.17, 15) is 27.8 Å². The molecule has 1 heterocycles. The summed E-state index contributed by atoms with van der Waals surface area (Å²) < 4.78 is 46.9. The second kappa shape index (κ2) is 14.7. The summed E-state index contributed by atoms with van der Waals surface area (Å²) in [4.78, 5) is 27.4. The van der Waals surface area contributed by atoms with E-state index in [0.717, 1.165) is 0 Å². The van der Waals surface area contributed by atoms with E-state index in [2.05, 4.69) is 0 Å². The number of rotatable bonds is 12. The highest BCUT2D eigenvalue weighted by atomic mass is 35.5. The van der Waals surface area contributed by atoms with Crippen LogP contribution in [0, 0.1) is 5.82 Å². The SMILES string of the molecule is CC[C@@H](CN(C(C)Cc1ccccc1F)S(=O)[O-])N1C(=O)[C@@H](CC(=O)O)O[C@H](c2cccc(Cl)c2)[C@H]1c1ccc(Cl)cc1. The first-order valence-corrected chi connectivity index (χ1v) is 15.6. The molecule has 1 saturated heterocycles. The van der Waals surface area contributed by atoms with Gasteiger partial charge in [0.05, 0.1) is 12.5 Å². The molecule has 0 radical (unpaired) electrons. The summed E-state index contributed by atoms with van der Waals surface area (Å²) in [6, 6.07) is 17.8. The van der Waals surface area contributed by atoms with Crippen molar-refractivity contribution in [2.45, 2.75) is 63.4 Å². The van der Waals surface area contributed by atoms with E-state index >= 15 is 0 Å². The minimum atomic E-state index is -2.71. The number of amides is 1. The number of carbonyl (C=O) groups excluding carboxylic acids is 1. The van der Waals surface area contributed by atoms with Crippen molar-refractivity contribution in [2.24, 2.45) is 0 Å². The van der Waals surface area contributed by atoms with Gasteiger partial charge in [-0.2, -0.15) is 0 Å². The Morgan fingerprint density at radius 3 is 2.40 bits per heavy atom. The molecule has 1 aliphatic heterocycles. The number of aliphatic carboxylic acids is 1. The zero-order chi connectivity index (χ0) is 31.3. The first-order chi connectivity index (χ1) is 20.5. The predicted octanol–water partition coefficient (Wildman–Crippen LogP) is 6.12. The summed E-state index contributed by atoms with van der Waals surface area (Å²) in [6.45, 7) is 3.38. The number of hydrogen-bond donors (Lipinski definition) is 1. The summed E-state index contributed by atoms with van der Waals surface area (Å²) in [5, 5.41) is 10.5. The predicted molar refractivity (Wildman–Crippen MR) is 162 cm³/mol. The lowest BCUT2D eigenvalue weighted by Gasteiger charge is -2.49. The Labute approximate surface area is 262 Å². The molecule has 43 heavy (non-hydrogen) atoms. The van der Waals surface area contributed by atoms with Gasteiger partial charge < -0.3 is 19.3 Å². The molecule has 12 heteroatoms. The first kappa shape index (κ1) is 33.0. The fourth-order valence-electron chi connectivity index (χ4n) is 5.49. The highest BCUT2D eigenvalue weighted by Gasteiger charge is 2.47. The van der Waals surface area contributed by atoms with Crippen molar-refractivity contribution in [3.05, 3.63) is 105 Å². The van der Waals surface area contributed by atoms with E-state index in [1.165, 1.54) is 10.4 Å². The Bertz CT molecular complexity index is 1460. The molecule has 0 saturated carbocycles. The van der Waals surface area contributed by atoms with Crippen LogP contribution < -0.4 is 0 Å². The lowest BCUT2D eigenvalue weighted by atomic mass is 9.89. The van der Waals surface area contributed by atoms with Gasteiger partial charge >= 0.3 is 5.97 Å². The molecular formula is C31H32Cl2FN2O6S-. The Balaban J connectivity index is 1.79. The van der Waals surface area contributed by atoms with Crippen LogP contribution in [0.1, 0.15) is 55.5 Å². The molecule has 1 fully saturated rings. The maximum atomic E-state index is 14.4. The van der Waals surface area contributed by atoms with Gasteiger partial charge in [0, 0.05) is 39.9 Å². The first-order valence-electron chi connectivity index (χ1n) is 13.8. The summed E-state index contributed by atoms with van der Waals surface area (Å²) in [7, 11) is 0. The van der Waals surface area contributed by atoms with Gasteiger partial charge in [-0.1, -0.05) is 72.6 Å². The summed E-state index contributed by atoms with van der Waals surface area (Å²) in [5.41, 5.74) is 1.64. The Kier molecular flexibility index (Phi) is 11.3. The van der Waals surface area contributed by atoms with Gasteiger partial charge in [-0.25, -0.2) is 8.70 Å². The molecule has 0 spiro atoms. The molecule has 6 atom stereocenters. The van der Waals surface area contributed by atoms with Crippen LogP contribution in [-0.2, 0) is 32.0 Å². The number of benzene rings is 3. The third-order valence-corrected chi connectivity index (χ3v) is 8.97. The van der Waals surface area contributed by atoms with Crippen molar-refractivity contribution in [3.8, 4) is 0 Å². The van der Waals surface area contributed by atoms with Gasteiger partial charge in [0.1, 0.15) is 18.0 Å². The second-order valence-electron chi connectivity index (χ2n) is 10.5. The van der Waals surface area contributed by atoms with Gasteiger partial charge in [0.15, 0.2) is 0 Å². The van der Waals surface area contributed by atoms with Gasteiger partial charge in [-0.05, 0) is 66.8 Å². The average Bonchev–Trinajstić information content (AvgIpc) is 2.96. The summed E-state index contributed by atoms with van der Waals surface area (Å²) in [6.07, 6.45) is -2.31. The molecule has 0 aromatic heterocycles. The maximum absolute atomic E-state index is 14.4. The Hall–Kier alpha value is -2.86. The van der Waals surface area contributed by atoms with E-state index in [-0.39, 0.29) is 13.0 Å². The van der Waals surface area contributed by atoms with Gasteiger partial charge in [-0.15, -0.1) is 0 Å². The number of morpholine rings is 1. The number of carboxylic acids is 1. The van der Waals surface area contributed by atoms with E-state index in [1.807, 2.05) is 6.92 Å². The average molecular weight is 651 g/mol. The molecular weight excluding hydrogens is 618 g/mol. The van der Waals surface area contributed by atoms with Crippen LogP contribution in [0.5, 0.6) is 0 Å². The highest BCUT2D eigenvalue weighted by Crippen LogP contribution is 2.44. The van der Waals surface area contributed by atoms with Gasteiger partial charge in [-0.3, -0.25) is 13.8 Å². The summed E-state index contributed by atoms with van der Waals surface area (Å²) in [5.74, 6) is -2.24. The number of carboxylic acid groups (broad SMARTS) is 1. The van der Waals surface area contributed by atoms with Crippen LogP contribution >= 0.6 is 23.2 Å². The molecule has 0 bridgehead atoms. The van der Waals surface area contributed by atoms with E-state index < -0.39 is 65.7 Å². The van der Waals surface area contributed by atoms with Crippen LogP contribution in [0.4, 0.5) is 4.39 Å². The highest BCUT2D eigenvalue weighted by molar-refractivity contribution is 7.76. The molecule has 1 aliphatic rings. The van der Waals surface area contributed by atoms with Crippen LogP contribution in [0.3, 0.4) is 0 Å². The van der Waals surface area contributed by atoms with Crippen LogP contribution in [0.25, 0.3) is 0 Å². The van der Waals surface area contributed by atoms with Crippen LogP contribution in [0.15, 0.2) is 72.8 Å². The normalized spacial score (nSPS) is 21.0. The third kappa shape index (κ3) is 8.00. The topological polar surface area (TPSA) is 110 Å². The van der Waals surface area contributed by atoms with Crippen LogP contribution in [-0.4, -0.2) is 59.7 Å². The maximum Gasteiger partial charge on any atom is 0.306 e. The summed E-state index contributed by atoms with van der Waals surface area (Å²) >= 11 is 9.79. The van der Waals surface area contributed by atoms with Crippen molar-refractivity contribution in [2.75, 3.05) is 6.54 Å². The Morgan fingerprint density at radius 2 is 1.79 bits per heavy atom. The second-order valence-corrected chi connectivity index (χ2v) is 12.2. The molecule has 1 N–H and O–H groups in total. The number of ether oxygens (including phenoxy) is 1. The smallest absolute Gasteiger partial charge is 0.306 e. The lowest BCUT2D eigenvalue weighted by Crippen LogP contribution is -2.58. The largest absolute Gasteiger partial charge is 0.760 e. The zero-order valence-corrected chi connectivity index (χ0v) is 25.9. The minimum Gasteiger partial charge on any atom is -0.760 e. The van der Waals surface area contributed by atoms with E-state index in [1.54, 1.807) is 78.6 Å². The van der Waals surface area contributed by atoms with Crippen LogP contribution in [0.2, 0.25) is 10.0 Å². The number of halogens is 3. The molecule has 0 aliphatic carbocycles. The van der Waals surface area contributed by atoms with Crippen molar-refractivity contribution < 1.29 is 32.6 Å². The molecule has 4 rings (SSSR count). The Morgan fingerprint density at radius 1 is 1.09 bits per heavy atom. The standard InChI is InChI=1S/C31H33Cl2FN2O6S/c1-3-25(18-35(43(40)41)19(2)15-21-7-4-5-10-26(21)34)36-29(20-11-13-23(32)14-12-20)30(22-8-6-9-24(33)16-22)42-27(31(36)39)17-28(37)38/h4-14,16,19,25,27,29-30H,3,15,17-18H2,1-2H3,(H,37,38)(H,40,41)/p-1/t19?,25-,27+,29+,30+/m0/s1. The quantitative estimate of drug-likeness (QED) is 0.237.